The largest absolute Gasteiger partial charge is 0.508 e. The summed E-state index contributed by atoms with van der Waals surface area (Å²) in [5.74, 6) is -6.18. The predicted molar refractivity (Wildman–Crippen MR) is 243 cm³/mol. The number of rotatable bonds is 19. The van der Waals surface area contributed by atoms with Gasteiger partial charge in [-0.1, -0.05) is 24.3 Å². The monoisotopic (exact) mass is 1070 g/mol. The number of ether oxygens (including phenoxy) is 12. The van der Waals surface area contributed by atoms with Gasteiger partial charge in [0.05, 0.1) is 63.9 Å². The van der Waals surface area contributed by atoms with Crippen LogP contribution in [0.25, 0.3) is 0 Å². The number of phenolic OH excluding ortho intramolecular Hbond substituents is 1. The Labute approximate surface area is 428 Å². The van der Waals surface area contributed by atoms with Gasteiger partial charge in [0.2, 0.25) is 12.6 Å². The molecule has 0 aromatic heterocycles. The number of methoxy groups -OCH3 is 2. The summed E-state index contributed by atoms with van der Waals surface area (Å²) in [6, 6.07) is 6.27. The first kappa shape index (κ1) is 59.1. The Morgan fingerprint density at radius 2 is 0.960 bits per heavy atom. The molecule has 0 amide bonds. The fraction of sp³-hybridized carbons (Fsp3) is 0.625. The minimum atomic E-state index is -1.99. The number of hydrogen-bond donors (Lipinski definition) is 11. The quantitative estimate of drug-likeness (QED) is 0.0360. The van der Waals surface area contributed by atoms with Crippen molar-refractivity contribution in [2.45, 2.75) is 138 Å². The lowest BCUT2D eigenvalue weighted by molar-refractivity contribution is -0.328. The molecule has 27 nitrogen and oxygen atoms in total. The number of aromatic hydroxyl groups is 1. The molecular weight excluding hydrogens is 1010 g/mol. The molecule has 0 spiro atoms. The van der Waals surface area contributed by atoms with Crippen LogP contribution >= 0.6 is 0 Å². The van der Waals surface area contributed by atoms with Crippen molar-refractivity contribution in [3.05, 3.63) is 76.8 Å². The first-order valence-corrected chi connectivity index (χ1v) is 23.7. The topological polar surface area (TPSA) is 402 Å². The molecular formula is C48H64O27. The fourth-order valence-electron chi connectivity index (χ4n) is 8.79. The van der Waals surface area contributed by atoms with E-state index in [-0.39, 0.29) is 34.6 Å². The van der Waals surface area contributed by atoms with Crippen molar-refractivity contribution in [2.24, 2.45) is 11.8 Å². The summed E-state index contributed by atoms with van der Waals surface area (Å²) in [5, 5.41) is 115. The van der Waals surface area contributed by atoms with Crippen molar-refractivity contribution < 1.29 is 132 Å². The normalized spacial score (nSPS) is 37.1. The molecule has 7 unspecified atom stereocenters. The molecule has 0 radical (unpaired) electrons. The second kappa shape index (κ2) is 26.7. The molecule has 0 bridgehead atoms. The third kappa shape index (κ3) is 13.9. The Morgan fingerprint density at radius 3 is 1.37 bits per heavy atom. The zero-order valence-electron chi connectivity index (χ0n) is 41.0. The van der Waals surface area contributed by atoms with Gasteiger partial charge in [0.15, 0.2) is 18.9 Å². The molecule has 3 fully saturated rings. The molecule has 3 saturated heterocycles. The van der Waals surface area contributed by atoms with E-state index >= 15 is 0 Å². The lowest BCUT2D eigenvalue weighted by Gasteiger charge is -2.42. The summed E-state index contributed by atoms with van der Waals surface area (Å²) >= 11 is 0. The molecule has 1 aromatic carbocycles. The number of esters is 4. The van der Waals surface area contributed by atoms with Crippen molar-refractivity contribution in [3.63, 3.8) is 0 Å². The van der Waals surface area contributed by atoms with E-state index < -0.39 is 173 Å². The van der Waals surface area contributed by atoms with E-state index in [0.717, 1.165) is 32.3 Å². The second-order valence-electron chi connectivity index (χ2n) is 17.8. The van der Waals surface area contributed by atoms with Crippen LogP contribution in [0.1, 0.15) is 32.3 Å². The van der Waals surface area contributed by atoms with E-state index in [1.54, 1.807) is 12.1 Å². The lowest BCUT2D eigenvalue weighted by atomic mass is 9.86. The van der Waals surface area contributed by atoms with Crippen LogP contribution in [0.2, 0.25) is 0 Å². The number of allylic oxidation sites excluding steroid dienone is 2. The Hall–Kier alpha value is -5.18. The van der Waals surface area contributed by atoms with Gasteiger partial charge >= 0.3 is 23.9 Å². The van der Waals surface area contributed by atoms with Gasteiger partial charge in [-0.05, 0) is 38.0 Å². The summed E-state index contributed by atoms with van der Waals surface area (Å²) in [4.78, 5) is 52.8. The maximum Gasteiger partial charge on any atom is 0.337 e. The molecule has 11 N–H and O–H groups in total. The number of aliphatic hydroxyl groups excluding tert-OH is 10. The minimum Gasteiger partial charge on any atom is -0.508 e. The molecule has 418 valence electrons. The summed E-state index contributed by atoms with van der Waals surface area (Å²) in [6.45, 7) is 0.794. The Bertz CT molecular complexity index is 2230. The highest BCUT2D eigenvalue weighted by molar-refractivity contribution is 5.91. The van der Waals surface area contributed by atoms with Gasteiger partial charge in [-0.2, -0.15) is 0 Å². The maximum absolute atomic E-state index is 13.5. The molecule has 27 heteroatoms. The second-order valence-corrected chi connectivity index (χ2v) is 17.8. The van der Waals surface area contributed by atoms with Crippen LogP contribution in [0.4, 0.5) is 0 Å². The van der Waals surface area contributed by atoms with E-state index in [1.807, 2.05) is 0 Å². The first-order valence-electron chi connectivity index (χ1n) is 23.7. The number of carbonyl (C=O) groups excluding carboxylic acids is 4. The summed E-state index contributed by atoms with van der Waals surface area (Å²) in [7, 11) is 2.15. The van der Waals surface area contributed by atoms with E-state index in [9.17, 15) is 75.3 Å². The van der Waals surface area contributed by atoms with Crippen molar-refractivity contribution in [1.29, 1.82) is 0 Å². The summed E-state index contributed by atoms with van der Waals surface area (Å²) in [5.41, 5.74) is 0.581. The smallest absolute Gasteiger partial charge is 0.337 e. The number of carbonyl (C=O) groups is 4. The highest BCUT2D eigenvalue weighted by Gasteiger charge is 2.50. The number of benzene rings is 1. The van der Waals surface area contributed by atoms with E-state index in [1.165, 1.54) is 38.1 Å². The standard InChI is InChI=1S/C48H64O27/c1-5-22-24(26(42(62)64-3)16-69-44(22)74-47-40(60)36(56)33(53)28(15-49)71-47)14-32(52)68-19-30-35(55)38(58)41(61)48(73-30)75-45-23(6-2)25(27(17-70-45)43(63)65-4)13-31(51)67-18-29-34(54)37(57)39(59)46(72-29)66-12-11-20-7-9-21(50)10-8-20/h5-10,16-17,24-25,28-30,33-41,44-50,53-61H,11-15,18-19H2,1-4H3/b22-5-,23-6-/t24?,25?,28-,29+,30-,33-,34+,35-,36+,37-,38+,39+,40-,41-,44?,45?,46?,47?,48?/m0/s1. The van der Waals surface area contributed by atoms with Gasteiger partial charge in [0, 0.05) is 23.0 Å². The highest BCUT2D eigenvalue weighted by Crippen LogP contribution is 2.39. The van der Waals surface area contributed by atoms with E-state index in [0.29, 0.717) is 6.42 Å². The van der Waals surface area contributed by atoms with Crippen LogP contribution in [-0.2, 0) is 82.4 Å². The lowest BCUT2D eigenvalue weighted by Crippen LogP contribution is -2.60. The molecule has 0 saturated carbocycles. The average Bonchev–Trinajstić information content (AvgIpc) is 3.40. The van der Waals surface area contributed by atoms with E-state index in [4.69, 9.17) is 56.8 Å². The van der Waals surface area contributed by atoms with Crippen LogP contribution in [0.3, 0.4) is 0 Å². The molecule has 75 heavy (non-hydrogen) atoms. The maximum atomic E-state index is 13.5. The number of phenols is 1. The SMILES string of the molecule is C/C=C1\C(OC2O[C@@H](CO)[C@H](O)[C@@H](O)[C@@H]2O)OC=C(C(=O)OC)C1CC(=O)OC[C@@H]1OC(OC2OC=C(C(=O)OC)C(CC(=O)OC[C@H]3OC(OCCc4ccc(O)cc4)[C@H](O)[C@@H](O)[C@@H]3O)/C2=C/C)[C@@H](O)[C@H](O)[C@H]1O. The Morgan fingerprint density at radius 1 is 0.560 bits per heavy atom. The van der Waals surface area contributed by atoms with Gasteiger partial charge in [0.1, 0.15) is 92.2 Å². The fourth-order valence-corrected chi connectivity index (χ4v) is 8.79. The van der Waals surface area contributed by atoms with Gasteiger partial charge in [-0.25, -0.2) is 9.59 Å². The third-order valence-electron chi connectivity index (χ3n) is 13.1. The molecule has 6 rings (SSSR count). The van der Waals surface area contributed by atoms with Crippen molar-refractivity contribution >= 4 is 23.9 Å². The van der Waals surface area contributed by atoms with Crippen LogP contribution in [-0.4, -0.2) is 225 Å². The zero-order valence-corrected chi connectivity index (χ0v) is 41.0. The van der Waals surface area contributed by atoms with Crippen molar-refractivity contribution in [1.82, 2.24) is 0 Å². The van der Waals surface area contributed by atoms with Crippen molar-refractivity contribution in [3.8, 4) is 5.75 Å². The Balaban J connectivity index is 1.08. The molecule has 19 atom stereocenters. The zero-order chi connectivity index (χ0) is 54.8. The predicted octanol–water partition coefficient (Wildman–Crippen LogP) is -3.78. The van der Waals surface area contributed by atoms with Gasteiger partial charge in [-0.3, -0.25) is 9.59 Å². The molecule has 1 aromatic rings. The van der Waals surface area contributed by atoms with Gasteiger partial charge in [0.25, 0.3) is 0 Å². The summed E-state index contributed by atoms with van der Waals surface area (Å²) < 4.78 is 66.1. The highest BCUT2D eigenvalue weighted by atomic mass is 16.8. The van der Waals surface area contributed by atoms with Crippen LogP contribution in [0.15, 0.2) is 71.2 Å². The van der Waals surface area contributed by atoms with Gasteiger partial charge < -0.3 is 113 Å². The van der Waals surface area contributed by atoms with Gasteiger partial charge in [-0.15, -0.1) is 0 Å². The molecule has 5 heterocycles. The molecule has 5 aliphatic rings. The third-order valence-corrected chi connectivity index (χ3v) is 13.1. The first-order chi connectivity index (χ1) is 35.8. The Kier molecular flexibility index (Phi) is 21.1. The van der Waals surface area contributed by atoms with Crippen LogP contribution in [0, 0.1) is 11.8 Å². The van der Waals surface area contributed by atoms with E-state index in [2.05, 4.69) is 0 Å². The minimum absolute atomic E-state index is 0.00640. The number of hydrogen-bond acceptors (Lipinski definition) is 27. The molecule has 0 aliphatic carbocycles. The number of aliphatic hydroxyl groups is 10. The van der Waals surface area contributed by atoms with Crippen LogP contribution < -0.4 is 0 Å². The van der Waals surface area contributed by atoms with Crippen molar-refractivity contribution in [2.75, 3.05) is 40.6 Å². The average molecular weight is 1070 g/mol. The van der Waals surface area contributed by atoms with Crippen LogP contribution in [0.5, 0.6) is 5.75 Å². The molecule has 5 aliphatic heterocycles. The summed E-state index contributed by atoms with van der Waals surface area (Å²) in [6.07, 6.45) is -24.9.